The van der Waals surface area contributed by atoms with Crippen LogP contribution < -0.4 is 0 Å². The van der Waals surface area contributed by atoms with Crippen molar-refractivity contribution in [2.45, 2.75) is 26.7 Å². The molecule has 0 radical (unpaired) electrons. The molecule has 17 heavy (non-hydrogen) atoms. The molecule has 2 heteroatoms. The predicted octanol–water partition coefficient (Wildman–Crippen LogP) is 3.72. The normalized spacial score (nSPS) is 10.5. The number of carbonyl (C=O) groups is 1. The van der Waals surface area contributed by atoms with E-state index in [1.54, 1.807) is 11.3 Å². The van der Waals surface area contributed by atoms with Crippen LogP contribution in [0.2, 0.25) is 0 Å². The van der Waals surface area contributed by atoms with Gasteiger partial charge in [0, 0.05) is 17.7 Å². The van der Waals surface area contributed by atoms with Gasteiger partial charge in [-0.25, -0.2) is 0 Å². The Labute approximate surface area is 106 Å². The van der Waals surface area contributed by atoms with E-state index in [2.05, 4.69) is 32.0 Å². The van der Waals surface area contributed by atoms with Crippen LogP contribution >= 0.6 is 11.3 Å². The van der Waals surface area contributed by atoms with E-state index in [0.29, 0.717) is 18.6 Å². The Balaban J connectivity index is 2.05. The highest BCUT2D eigenvalue weighted by Gasteiger charge is 2.08. The summed E-state index contributed by atoms with van der Waals surface area (Å²) in [6.45, 7) is 4.12. The monoisotopic (exact) mass is 244 g/mol. The minimum Gasteiger partial charge on any atom is -0.299 e. The first-order valence-electron chi connectivity index (χ1n) is 5.75. The molecule has 0 saturated heterocycles. The number of hydrogen-bond donors (Lipinski definition) is 0. The Morgan fingerprint density at radius 1 is 1.18 bits per heavy atom. The first-order valence-corrected chi connectivity index (χ1v) is 6.63. The van der Waals surface area contributed by atoms with Crippen molar-refractivity contribution in [1.82, 2.24) is 0 Å². The third-order valence-corrected chi connectivity index (χ3v) is 3.72. The average Bonchev–Trinajstić information content (AvgIpc) is 2.76. The molecule has 0 aliphatic heterocycles. The summed E-state index contributed by atoms with van der Waals surface area (Å²) < 4.78 is 0. The maximum atomic E-state index is 12.0. The molecule has 0 aliphatic rings. The molecular weight excluding hydrogens is 228 g/mol. The first-order chi connectivity index (χ1) is 8.15. The van der Waals surface area contributed by atoms with Crippen molar-refractivity contribution in [2.75, 3.05) is 0 Å². The van der Waals surface area contributed by atoms with Crippen molar-refractivity contribution in [2.24, 2.45) is 0 Å². The van der Waals surface area contributed by atoms with Crippen LogP contribution in [0.5, 0.6) is 0 Å². The lowest BCUT2D eigenvalue weighted by molar-refractivity contribution is -0.117. The highest BCUT2D eigenvalue weighted by molar-refractivity contribution is 7.10. The van der Waals surface area contributed by atoms with E-state index in [9.17, 15) is 4.79 Å². The van der Waals surface area contributed by atoms with Gasteiger partial charge in [0.2, 0.25) is 0 Å². The quantitative estimate of drug-likeness (QED) is 0.801. The highest BCUT2D eigenvalue weighted by Crippen LogP contribution is 2.14. The molecular formula is C15H16OS. The summed E-state index contributed by atoms with van der Waals surface area (Å²) in [4.78, 5) is 13.1. The third-order valence-electron chi connectivity index (χ3n) is 2.84. The van der Waals surface area contributed by atoms with Gasteiger partial charge in [-0.3, -0.25) is 4.79 Å². The standard InChI is InChI=1S/C15H16OS/c1-11-5-6-12(2)13(8-11)9-14(16)10-15-4-3-7-17-15/h3-8H,9-10H2,1-2H3. The van der Waals surface area contributed by atoms with E-state index in [1.165, 1.54) is 11.1 Å². The molecule has 1 heterocycles. The van der Waals surface area contributed by atoms with Gasteiger partial charge in [0.05, 0.1) is 0 Å². The molecule has 0 aliphatic carbocycles. The minimum absolute atomic E-state index is 0.293. The Kier molecular flexibility index (Phi) is 3.75. The second-order valence-corrected chi connectivity index (χ2v) is 5.43. The number of rotatable bonds is 4. The Bertz CT molecular complexity index is 512. The van der Waals surface area contributed by atoms with Gasteiger partial charge in [-0.2, -0.15) is 0 Å². The topological polar surface area (TPSA) is 17.1 Å². The number of aryl methyl sites for hydroxylation is 2. The highest BCUT2D eigenvalue weighted by atomic mass is 32.1. The summed E-state index contributed by atoms with van der Waals surface area (Å²) >= 11 is 1.65. The fourth-order valence-electron chi connectivity index (χ4n) is 1.87. The van der Waals surface area contributed by atoms with Crippen molar-refractivity contribution >= 4 is 17.1 Å². The number of benzene rings is 1. The van der Waals surface area contributed by atoms with Gasteiger partial charge < -0.3 is 0 Å². The predicted molar refractivity (Wildman–Crippen MR) is 72.7 cm³/mol. The molecule has 1 aromatic heterocycles. The van der Waals surface area contributed by atoms with Crippen molar-refractivity contribution in [3.8, 4) is 0 Å². The van der Waals surface area contributed by atoms with Crippen LogP contribution in [0.3, 0.4) is 0 Å². The molecule has 0 spiro atoms. The third kappa shape index (κ3) is 3.27. The van der Waals surface area contributed by atoms with Crippen molar-refractivity contribution in [1.29, 1.82) is 0 Å². The Morgan fingerprint density at radius 2 is 2.00 bits per heavy atom. The Hall–Kier alpha value is -1.41. The molecule has 0 saturated carbocycles. The van der Waals surface area contributed by atoms with Gasteiger partial charge in [0.1, 0.15) is 5.78 Å². The van der Waals surface area contributed by atoms with E-state index < -0.39 is 0 Å². The van der Waals surface area contributed by atoms with Crippen LogP contribution in [0.15, 0.2) is 35.7 Å². The van der Waals surface area contributed by atoms with Crippen molar-refractivity contribution < 1.29 is 4.79 Å². The zero-order valence-corrected chi connectivity index (χ0v) is 11.0. The smallest absolute Gasteiger partial charge is 0.142 e. The average molecular weight is 244 g/mol. The maximum absolute atomic E-state index is 12.0. The van der Waals surface area contributed by atoms with Crippen LogP contribution in [0.4, 0.5) is 0 Å². The van der Waals surface area contributed by atoms with Crippen LogP contribution in [0.25, 0.3) is 0 Å². The molecule has 0 N–H and O–H groups in total. The van der Waals surface area contributed by atoms with Crippen LogP contribution in [0, 0.1) is 13.8 Å². The van der Waals surface area contributed by atoms with E-state index in [-0.39, 0.29) is 0 Å². The molecule has 0 unspecified atom stereocenters. The molecule has 2 rings (SSSR count). The first kappa shape index (κ1) is 12.1. The molecule has 0 bridgehead atoms. The molecule has 1 nitrogen and oxygen atoms in total. The van der Waals surface area contributed by atoms with E-state index in [0.717, 1.165) is 10.4 Å². The van der Waals surface area contributed by atoms with E-state index >= 15 is 0 Å². The second kappa shape index (κ2) is 5.28. The van der Waals surface area contributed by atoms with Crippen LogP contribution in [0.1, 0.15) is 21.6 Å². The molecule has 0 atom stereocenters. The number of carbonyl (C=O) groups excluding carboxylic acids is 1. The minimum atomic E-state index is 0.293. The Morgan fingerprint density at radius 3 is 2.71 bits per heavy atom. The number of Topliss-reactive ketones (excluding diaryl/α,β-unsaturated/α-hetero) is 1. The van der Waals surface area contributed by atoms with Crippen molar-refractivity contribution in [3.05, 3.63) is 57.3 Å². The fraction of sp³-hybridized carbons (Fsp3) is 0.267. The number of ketones is 1. The van der Waals surface area contributed by atoms with Crippen molar-refractivity contribution in [3.63, 3.8) is 0 Å². The van der Waals surface area contributed by atoms with Crippen LogP contribution in [-0.2, 0) is 17.6 Å². The lowest BCUT2D eigenvalue weighted by atomic mass is 9.99. The molecule has 0 fully saturated rings. The lowest BCUT2D eigenvalue weighted by Gasteiger charge is -2.06. The van der Waals surface area contributed by atoms with E-state index in [1.807, 2.05) is 17.5 Å². The van der Waals surface area contributed by atoms with Gasteiger partial charge >= 0.3 is 0 Å². The van der Waals surface area contributed by atoms with E-state index in [4.69, 9.17) is 0 Å². The summed E-state index contributed by atoms with van der Waals surface area (Å²) in [5.41, 5.74) is 3.58. The molecule has 88 valence electrons. The summed E-state index contributed by atoms with van der Waals surface area (Å²) in [6, 6.07) is 10.3. The fourth-order valence-corrected chi connectivity index (χ4v) is 2.61. The molecule has 0 amide bonds. The van der Waals surface area contributed by atoms with Gasteiger partial charge in [0.15, 0.2) is 0 Å². The number of hydrogen-bond acceptors (Lipinski definition) is 2. The largest absolute Gasteiger partial charge is 0.299 e. The summed E-state index contributed by atoms with van der Waals surface area (Å²) in [6.07, 6.45) is 1.11. The van der Waals surface area contributed by atoms with Gasteiger partial charge in [-0.1, -0.05) is 29.8 Å². The molecule has 1 aromatic carbocycles. The number of thiophene rings is 1. The van der Waals surface area contributed by atoms with Gasteiger partial charge in [-0.05, 0) is 36.4 Å². The zero-order valence-electron chi connectivity index (χ0n) is 10.2. The zero-order chi connectivity index (χ0) is 12.3. The van der Waals surface area contributed by atoms with Gasteiger partial charge in [-0.15, -0.1) is 11.3 Å². The summed E-state index contributed by atoms with van der Waals surface area (Å²) in [7, 11) is 0. The summed E-state index contributed by atoms with van der Waals surface area (Å²) in [5.74, 6) is 0.293. The lowest BCUT2D eigenvalue weighted by Crippen LogP contribution is -2.06. The van der Waals surface area contributed by atoms with Gasteiger partial charge in [0.25, 0.3) is 0 Å². The second-order valence-electron chi connectivity index (χ2n) is 4.40. The van der Waals surface area contributed by atoms with Crippen LogP contribution in [-0.4, -0.2) is 5.78 Å². The SMILES string of the molecule is Cc1ccc(C)c(CC(=O)Cc2cccs2)c1. The maximum Gasteiger partial charge on any atom is 0.142 e. The summed E-state index contributed by atoms with van der Waals surface area (Å²) in [5, 5.41) is 2.01. The molecule has 2 aromatic rings.